The first-order valence-corrected chi connectivity index (χ1v) is 11.7. The molecule has 0 aliphatic rings. The van der Waals surface area contributed by atoms with E-state index in [9.17, 15) is 19.5 Å². The number of amides is 3. The van der Waals surface area contributed by atoms with Gasteiger partial charge in [0.2, 0.25) is 5.91 Å². The number of likely N-dealkylation sites (N-methyl/N-ethyl adjacent to an activating group) is 1. The minimum Gasteiger partial charge on any atom is -0.508 e. The Kier molecular flexibility index (Phi) is 9.15. The predicted octanol–water partition coefficient (Wildman–Crippen LogP) is 5.04. The number of anilines is 1. The molecule has 0 bridgehead atoms. The first kappa shape index (κ1) is 28.0. The fourth-order valence-corrected chi connectivity index (χ4v) is 3.79. The van der Waals surface area contributed by atoms with Gasteiger partial charge in [-0.3, -0.25) is 9.59 Å². The number of para-hydroxylation sites is 1. The lowest BCUT2D eigenvalue weighted by molar-refractivity contribution is -0.140. The molecule has 0 saturated heterocycles. The molecule has 2 aromatic rings. The SMILES string of the molecule is Cc1cccc(Cl)c1NC(=O)C(c1cccc(O)c1)N(C)C(=O)C(NC(=O)OC(C)(C)C)C(C)C. The number of nitrogens with one attached hydrogen (secondary N) is 2. The maximum Gasteiger partial charge on any atom is 0.408 e. The van der Waals surface area contributed by atoms with Gasteiger partial charge in [-0.1, -0.05) is 49.7 Å². The number of phenols is 1. The van der Waals surface area contributed by atoms with Crippen LogP contribution >= 0.6 is 11.6 Å². The normalized spacial score (nSPS) is 13.1. The Hall–Kier alpha value is -3.26. The Balaban J connectivity index is 2.42. The molecule has 2 atom stereocenters. The number of alkyl carbamates (subject to hydrolysis) is 1. The zero-order chi connectivity index (χ0) is 26.5. The van der Waals surface area contributed by atoms with E-state index >= 15 is 0 Å². The second-order valence-corrected chi connectivity index (χ2v) is 10.1. The van der Waals surface area contributed by atoms with E-state index in [0.717, 1.165) is 5.56 Å². The Bertz CT molecular complexity index is 1060. The minimum atomic E-state index is -1.12. The van der Waals surface area contributed by atoms with Crippen LogP contribution in [0.4, 0.5) is 10.5 Å². The van der Waals surface area contributed by atoms with Crippen molar-refractivity contribution in [2.45, 2.75) is 59.2 Å². The van der Waals surface area contributed by atoms with Gasteiger partial charge in [0, 0.05) is 7.05 Å². The third-order valence-corrected chi connectivity index (χ3v) is 5.56. The Morgan fingerprint density at radius 3 is 2.26 bits per heavy atom. The van der Waals surface area contributed by atoms with E-state index in [1.807, 2.05) is 0 Å². The molecular weight excluding hydrogens is 470 g/mol. The number of aromatic hydroxyl groups is 1. The topological polar surface area (TPSA) is 108 Å². The number of hydrogen-bond acceptors (Lipinski definition) is 5. The number of ether oxygens (including phenoxy) is 1. The van der Waals surface area contributed by atoms with Crippen molar-refractivity contribution in [3.05, 3.63) is 58.6 Å². The fraction of sp³-hybridized carbons (Fsp3) is 0.423. The largest absolute Gasteiger partial charge is 0.508 e. The number of halogens is 1. The predicted molar refractivity (Wildman–Crippen MR) is 136 cm³/mol. The molecule has 9 heteroatoms. The van der Waals surface area contributed by atoms with Gasteiger partial charge in [0.05, 0.1) is 10.7 Å². The van der Waals surface area contributed by atoms with Crippen molar-refractivity contribution < 1.29 is 24.2 Å². The summed E-state index contributed by atoms with van der Waals surface area (Å²) in [5.41, 5.74) is 0.832. The summed E-state index contributed by atoms with van der Waals surface area (Å²) in [5.74, 6) is -1.37. The van der Waals surface area contributed by atoms with Crippen LogP contribution in [0, 0.1) is 12.8 Å². The van der Waals surface area contributed by atoms with Gasteiger partial charge < -0.3 is 25.4 Å². The average molecular weight is 504 g/mol. The van der Waals surface area contributed by atoms with Crippen molar-refractivity contribution in [3.8, 4) is 5.75 Å². The molecule has 2 aromatic carbocycles. The van der Waals surface area contributed by atoms with E-state index < -0.39 is 35.6 Å². The Morgan fingerprint density at radius 1 is 1.09 bits per heavy atom. The van der Waals surface area contributed by atoms with Crippen LogP contribution in [0.25, 0.3) is 0 Å². The molecular formula is C26H34ClN3O5. The van der Waals surface area contributed by atoms with Crippen molar-refractivity contribution in [1.82, 2.24) is 10.2 Å². The molecule has 0 aliphatic heterocycles. The molecule has 3 N–H and O–H groups in total. The Labute approximate surface area is 211 Å². The summed E-state index contributed by atoms with van der Waals surface area (Å²) >= 11 is 6.30. The molecule has 35 heavy (non-hydrogen) atoms. The zero-order valence-corrected chi connectivity index (χ0v) is 21.9. The number of hydrogen-bond donors (Lipinski definition) is 3. The summed E-state index contributed by atoms with van der Waals surface area (Å²) in [6, 6.07) is 9.27. The highest BCUT2D eigenvalue weighted by atomic mass is 35.5. The summed E-state index contributed by atoms with van der Waals surface area (Å²) in [7, 11) is 1.47. The highest BCUT2D eigenvalue weighted by Crippen LogP contribution is 2.30. The average Bonchev–Trinajstić information content (AvgIpc) is 2.73. The molecule has 0 saturated carbocycles. The van der Waals surface area contributed by atoms with E-state index in [-0.39, 0.29) is 11.7 Å². The van der Waals surface area contributed by atoms with Crippen LogP contribution in [0.2, 0.25) is 5.02 Å². The molecule has 0 heterocycles. The highest BCUT2D eigenvalue weighted by molar-refractivity contribution is 6.34. The molecule has 0 fully saturated rings. The van der Waals surface area contributed by atoms with Crippen LogP contribution in [0.3, 0.4) is 0 Å². The van der Waals surface area contributed by atoms with E-state index in [4.69, 9.17) is 16.3 Å². The van der Waals surface area contributed by atoms with Crippen LogP contribution < -0.4 is 10.6 Å². The first-order valence-electron chi connectivity index (χ1n) is 11.3. The lowest BCUT2D eigenvalue weighted by atomic mass is 9.99. The van der Waals surface area contributed by atoms with Crippen LogP contribution in [0.15, 0.2) is 42.5 Å². The number of nitrogens with zero attached hydrogens (tertiary/aromatic N) is 1. The highest BCUT2D eigenvalue weighted by Gasteiger charge is 2.36. The van der Waals surface area contributed by atoms with Crippen molar-refractivity contribution in [2.75, 3.05) is 12.4 Å². The number of aryl methyl sites for hydroxylation is 1. The first-order chi connectivity index (χ1) is 16.2. The number of carbonyl (C=O) groups excluding carboxylic acids is 3. The monoisotopic (exact) mass is 503 g/mol. The lowest BCUT2D eigenvalue weighted by Crippen LogP contribution is -2.53. The van der Waals surface area contributed by atoms with Crippen molar-refractivity contribution in [1.29, 1.82) is 0 Å². The third kappa shape index (κ3) is 7.62. The molecule has 0 spiro atoms. The molecule has 190 valence electrons. The van der Waals surface area contributed by atoms with E-state index in [0.29, 0.717) is 16.3 Å². The summed E-state index contributed by atoms with van der Waals surface area (Å²) in [4.78, 5) is 40.7. The zero-order valence-electron chi connectivity index (χ0n) is 21.2. The number of rotatable bonds is 7. The van der Waals surface area contributed by atoms with Crippen molar-refractivity contribution >= 4 is 35.2 Å². The van der Waals surface area contributed by atoms with Gasteiger partial charge in [0.1, 0.15) is 23.4 Å². The van der Waals surface area contributed by atoms with Crippen LogP contribution in [0.1, 0.15) is 51.8 Å². The smallest absolute Gasteiger partial charge is 0.408 e. The standard InChI is InChI=1S/C26H34ClN3O5/c1-15(2)20(29-25(34)35-26(4,5)6)24(33)30(7)22(17-11-9-12-18(31)14-17)23(32)28-21-16(3)10-8-13-19(21)27/h8-15,20,22,31H,1-7H3,(H,28,32)(H,29,34). The second-order valence-electron chi connectivity index (χ2n) is 9.74. The van der Waals surface area contributed by atoms with Gasteiger partial charge in [-0.2, -0.15) is 0 Å². The van der Waals surface area contributed by atoms with E-state index in [1.54, 1.807) is 71.9 Å². The van der Waals surface area contributed by atoms with Gasteiger partial charge in [-0.25, -0.2) is 4.79 Å². The molecule has 0 aromatic heterocycles. The third-order valence-electron chi connectivity index (χ3n) is 5.24. The summed E-state index contributed by atoms with van der Waals surface area (Å²) in [6.45, 7) is 10.5. The summed E-state index contributed by atoms with van der Waals surface area (Å²) in [5, 5.41) is 15.8. The molecule has 2 unspecified atom stereocenters. The number of carbonyl (C=O) groups is 3. The van der Waals surface area contributed by atoms with Gasteiger partial charge in [0.25, 0.3) is 5.91 Å². The van der Waals surface area contributed by atoms with Crippen molar-refractivity contribution in [3.63, 3.8) is 0 Å². The minimum absolute atomic E-state index is 0.0534. The van der Waals surface area contributed by atoms with Gasteiger partial charge in [-0.05, 0) is 62.9 Å². The quantitative estimate of drug-likeness (QED) is 0.490. The second kappa shape index (κ2) is 11.4. The lowest BCUT2D eigenvalue weighted by Gasteiger charge is -2.33. The van der Waals surface area contributed by atoms with Gasteiger partial charge in [-0.15, -0.1) is 0 Å². The van der Waals surface area contributed by atoms with Crippen LogP contribution in [0.5, 0.6) is 5.75 Å². The molecule has 0 radical (unpaired) electrons. The van der Waals surface area contributed by atoms with Gasteiger partial charge >= 0.3 is 6.09 Å². The maximum absolute atomic E-state index is 13.6. The summed E-state index contributed by atoms with van der Waals surface area (Å²) in [6.07, 6.45) is -0.733. The van der Waals surface area contributed by atoms with E-state index in [1.165, 1.54) is 24.1 Å². The van der Waals surface area contributed by atoms with Crippen LogP contribution in [-0.4, -0.2) is 46.6 Å². The van der Waals surface area contributed by atoms with Crippen LogP contribution in [-0.2, 0) is 14.3 Å². The van der Waals surface area contributed by atoms with Gasteiger partial charge in [0.15, 0.2) is 0 Å². The number of phenolic OH excluding ortho intramolecular Hbond substituents is 1. The molecule has 2 rings (SSSR count). The molecule has 0 aliphatic carbocycles. The van der Waals surface area contributed by atoms with E-state index in [2.05, 4.69) is 10.6 Å². The Morgan fingerprint density at radius 2 is 1.71 bits per heavy atom. The summed E-state index contributed by atoms with van der Waals surface area (Å²) < 4.78 is 5.31. The maximum atomic E-state index is 13.6. The van der Waals surface area contributed by atoms with Crippen molar-refractivity contribution in [2.24, 2.45) is 5.92 Å². The molecule has 8 nitrogen and oxygen atoms in total. The number of benzene rings is 2. The fourth-order valence-electron chi connectivity index (χ4n) is 3.52. The molecule has 3 amide bonds.